The van der Waals surface area contributed by atoms with E-state index in [1.807, 2.05) is 6.07 Å². The van der Waals surface area contributed by atoms with Gasteiger partial charge in [-0.05, 0) is 50.0 Å². The third kappa shape index (κ3) is 1.79. The zero-order chi connectivity index (χ0) is 13.0. The lowest BCUT2D eigenvalue weighted by Gasteiger charge is -2.45. The molecule has 1 aromatic carbocycles. The molecular formula is C14H17BrN4. The molecule has 3 aliphatic rings. The fraction of sp³-hybridized carbons (Fsp3) is 0.500. The van der Waals surface area contributed by atoms with Crippen LogP contribution in [0, 0.1) is 5.92 Å². The number of rotatable bonds is 1. The fourth-order valence-corrected chi connectivity index (χ4v) is 4.01. The summed E-state index contributed by atoms with van der Waals surface area (Å²) in [5, 5.41) is 0. The summed E-state index contributed by atoms with van der Waals surface area (Å²) in [6.07, 6.45) is 2.58. The van der Waals surface area contributed by atoms with E-state index in [0.29, 0.717) is 12.0 Å². The second-order valence-corrected chi connectivity index (χ2v) is 6.59. The van der Waals surface area contributed by atoms with Gasteiger partial charge >= 0.3 is 0 Å². The van der Waals surface area contributed by atoms with E-state index in [1.165, 1.54) is 31.4 Å². The van der Waals surface area contributed by atoms with Crippen LogP contribution in [0.15, 0.2) is 22.7 Å². The molecule has 2 N–H and O–H groups in total. The van der Waals surface area contributed by atoms with Crippen molar-refractivity contribution in [1.82, 2.24) is 14.5 Å². The summed E-state index contributed by atoms with van der Waals surface area (Å²) in [6.45, 7) is 3.62. The van der Waals surface area contributed by atoms with Crippen LogP contribution in [0.4, 0.5) is 5.95 Å². The van der Waals surface area contributed by atoms with Gasteiger partial charge in [-0.2, -0.15) is 0 Å². The van der Waals surface area contributed by atoms with Crippen molar-refractivity contribution in [3.8, 4) is 0 Å². The monoisotopic (exact) mass is 320 g/mol. The zero-order valence-corrected chi connectivity index (χ0v) is 12.3. The number of nitrogen functional groups attached to an aromatic ring is 1. The van der Waals surface area contributed by atoms with Crippen LogP contribution in [-0.2, 0) is 0 Å². The first-order valence-electron chi connectivity index (χ1n) is 6.88. The summed E-state index contributed by atoms with van der Waals surface area (Å²) in [6, 6.07) is 6.74. The molecule has 1 unspecified atom stereocenters. The number of aromatic nitrogens is 2. The number of anilines is 1. The Kier molecular flexibility index (Phi) is 2.60. The smallest absolute Gasteiger partial charge is 0.201 e. The lowest BCUT2D eigenvalue weighted by molar-refractivity contribution is 0.0598. The molecule has 4 nitrogen and oxygen atoms in total. The van der Waals surface area contributed by atoms with Crippen molar-refractivity contribution in [2.45, 2.75) is 18.9 Å². The van der Waals surface area contributed by atoms with Crippen LogP contribution in [-0.4, -0.2) is 34.1 Å². The zero-order valence-electron chi connectivity index (χ0n) is 10.7. The number of halogens is 1. The maximum Gasteiger partial charge on any atom is 0.201 e. The molecule has 1 atom stereocenters. The van der Waals surface area contributed by atoms with E-state index < -0.39 is 0 Å². The van der Waals surface area contributed by atoms with Gasteiger partial charge in [-0.15, -0.1) is 0 Å². The Labute approximate surface area is 120 Å². The predicted octanol–water partition coefficient (Wildman–Crippen LogP) is 2.65. The Morgan fingerprint density at radius 3 is 2.74 bits per heavy atom. The van der Waals surface area contributed by atoms with Crippen LogP contribution >= 0.6 is 15.9 Å². The third-order valence-corrected chi connectivity index (χ3v) is 5.13. The Balaban J connectivity index is 1.84. The number of nitrogens with zero attached hydrogens (tertiary/aromatic N) is 3. The van der Waals surface area contributed by atoms with Crippen LogP contribution in [0.3, 0.4) is 0 Å². The molecule has 100 valence electrons. The highest BCUT2D eigenvalue weighted by Gasteiger charge is 2.36. The first-order valence-corrected chi connectivity index (χ1v) is 7.67. The Hall–Kier alpha value is -1.07. The highest BCUT2D eigenvalue weighted by molar-refractivity contribution is 9.10. The molecule has 3 saturated heterocycles. The first-order chi connectivity index (χ1) is 9.22. The molecule has 3 fully saturated rings. The minimum Gasteiger partial charge on any atom is -0.369 e. The quantitative estimate of drug-likeness (QED) is 0.878. The van der Waals surface area contributed by atoms with Gasteiger partial charge in [0.1, 0.15) is 0 Å². The van der Waals surface area contributed by atoms with Gasteiger partial charge in [0.05, 0.1) is 17.1 Å². The van der Waals surface area contributed by atoms with Crippen LogP contribution in [0.25, 0.3) is 11.0 Å². The average molecular weight is 321 g/mol. The summed E-state index contributed by atoms with van der Waals surface area (Å²) >= 11 is 3.50. The molecule has 2 aromatic rings. The molecule has 0 radical (unpaired) electrons. The van der Waals surface area contributed by atoms with Crippen LogP contribution in [0.1, 0.15) is 18.9 Å². The number of piperidine rings is 3. The normalized spacial score (nSPS) is 30.1. The van der Waals surface area contributed by atoms with Crippen molar-refractivity contribution in [2.24, 2.45) is 5.92 Å². The Morgan fingerprint density at radius 2 is 2.05 bits per heavy atom. The van der Waals surface area contributed by atoms with Crippen LogP contribution in [0.5, 0.6) is 0 Å². The molecule has 0 amide bonds. The van der Waals surface area contributed by atoms with Gasteiger partial charge in [-0.3, -0.25) is 0 Å². The average Bonchev–Trinajstić information content (AvgIpc) is 2.75. The predicted molar refractivity (Wildman–Crippen MR) is 80.0 cm³/mol. The van der Waals surface area contributed by atoms with Crippen LogP contribution < -0.4 is 5.73 Å². The lowest BCUT2D eigenvalue weighted by atomic mass is 9.84. The molecule has 4 heterocycles. The summed E-state index contributed by atoms with van der Waals surface area (Å²) in [4.78, 5) is 7.08. The molecule has 1 aromatic heterocycles. The van der Waals surface area contributed by atoms with Crippen molar-refractivity contribution < 1.29 is 0 Å². The summed E-state index contributed by atoms with van der Waals surface area (Å²) < 4.78 is 3.32. The van der Waals surface area contributed by atoms with E-state index in [9.17, 15) is 0 Å². The number of nitrogens with two attached hydrogens (primary N) is 1. The summed E-state index contributed by atoms with van der Waals surface area (Å²) in [7, 11) is 0. The van der Waals surface area contributed by atoms with E-state index in [-0.39, 0.29) is 0 Å². The van der Waals surface area contributed by atoms with Gasteiger partial charge in [0.2, 0.25) is 5.95 Å². The van der Waals surface area contributed by atoms with Gasteiger partial charge < -0.3 is 15.2 Å². The molecule has 5 heteroatoms. The number of benzene rings is 1. The highest BCUT2D eigenvalue weighted by atomic mass is 79.9. The van der Waals surface area contributed by atoms with Crippen molar-refractivity contribution in [3.05, 3.63) is 22.7 Å². The molecular weight excluding hydrogens is 304 g/mol. The molecule has 2 bridgehead atoms. The van der Waals surface area contributed by atoms with Gasteiger partial charge in [0.25, 0.3) is 0 Å². The SMILES string of the molecule is Nc1nc2cc(Br)ccc2n1C1CN2CCC1CC2. The molecule has 0 saturated carbocycles. The number of hydrogen-bond acceptors (Lipinski definition) is 3. The topological polar surface area (TPSA) is 47.1 Å². The fourth-order valence-electron chi connectivity index (χ4n) is 3.67. The first kappa shape index (κ1) is 11.7. The minimum atomic E-state index is 0.494. The molecule has 0 aliphatic carbocycles. The van der Waals surface area contributed by atoms with E-state index in [0.717, 1.165) is 22.5 Å². The van der Waals surface area contributed by atoms with E-state index in [4.69, 9.17) is 5.73 Å². The molecule has 19 heavy (non-hydrogen) atoms. The Bertz CT molecular complexity index is 628. The molecule has 5 rings (SSSR count). The van der Waals surface area contributed by atoms with Crippen molar-refractivity contribution in [2.75, 3.05) is 25.4 Å². The van der Waals surface area contributed by atoms with Gasteiger partial charge in [-0.25, -0.2) is 4.98 Å². The van der Waals surface area contributed by atoms with E-state index in [2.05, 4.69) is 42.5 Å². The van der Waals surface area contributed by atoms with Crippen molar-refractivity contribution in [3.63, 3.8) is 0 Å². The van der Waals surface area contributed by atoms with Crippen molar-refractivity contribution in [1.29, 1.82) is 0 Å². The maximum absolute atomic E-state index is 6.18. The number of fused-ring (bicyclic) bond motifs is 4. The van der Waals surface area contributed by atoms with Crippen LogP contribution in [0.2, 0.25) is 0 Å². The third-order valence-electron chi connectivity index (χ3n) is 4.63. The molecule has 3 aliphatic heterocycles. The highest BCUT2D eigenvalue weighted by Crippen LogP contribution is 2.38. The lowest BCUT2D eigenvalue weighted by Crippen LogP contribution is -2.48. The van der Waals surface area contributed by atoms with Gasteiger partial charge in [0.15, 0.2) is 0 Å². The van der Waals surface area contributed by atoms with Crippen molar-refractivity contribution >= 4 is 32.9 Å². The van der Waals surface area contributed by atoms with Gasteiger partial charge in [-0.1, -0.05) is 15.9 Å². The standard InChI is InChI=1S/C14H17BrN4/c15-10-1-2-12-11(7-10)17-14(16)19(12)13-8-18-5-3-9(13)4-6-18/h1-2,7,9,13H,3-6,8H2,(H2,16,17). The number of hydrogen-bond donors (Lipinski definition) is 1. The van der Waals surface area contributed by atoms with E-state index >= 15 is 0 Å². The van der Waals surface area contributed by atoms with E-state index in [1.54, 1.807) is 0 Å². The second-order valence-electron chi connectivity index (χ2n) is 5.68. The minimum absolute atomic E-state index is 0.494. The van der Waals surface area contributed by atoms with Gasteiger partial charge in [0, 0.05) is 11.0 Å². The number of imidazole rings is 1. The Morgan fingerprint density at radius 1 is 1.26 bits per heavy atom. The maximum atomic E-state index is 6.18. The summed E-state index contributed by atoms with van der Waals surface area (Å²) in [5.41, 5.74) is 8.34. The second kappa shape index (κ2) is 4.21. The summed E-state index contributed by atoms with van der Waals surface area (Å²) in [5.74, 6) is 1.42. The molecule has 0 spiro atoms. The largest absolute Gasteiger partial charge is 0.369 e.